The number of nitrogens with one attached hydrogen (secondary N) is 2. The number of piperazine rings is 1. The van der Waals surface area contributed by atoms with Crippen LogP contribution in [0.25, 0.3) is 0 Å². The van der Waals surface area contributed by atoms with Crippen LogP contribution in [0.3, 0.4) is 0 Å². The molecule has 18 heavy (non-hydrogen) atoms. The largest absolute Gasteiger partial charge is 0.373 e. The van der Waals surface area contributed by atoms with Gasteiger partial charge in [-0.2, -0.15) is 0 Å². The van der Waals surface area contributed by atoms with E-state index in [1.54, 1.807) is 0 Å². The molecule has 2 atom stereocenters. The third kappa shape index (κ3) is 2.58. The first kappa shape index (κ1) is 11.8. The summed E-state index contributed by atoms with van der Waals surface area (Å²) >= 11 is 0. The standard InChI is InChI=1S/C11H18N6O/c1-2-14-9(5-12-1)10-6-17(3-4-18-10)11-15-7-13-8-16-11/h7-10,12,14H,1-6H2. The predicted molar refractivity (Wildman–Crippen MR) is 66.4 cm³/mol. The van der Waals surface area contributed by atoms with Gasteiger partial charge in [0.15, 0.2) is 0 Å². The molecular formula is C11H18N6O. The molecule has 7 heteroatoms. The lowest BCUT2D eigenvalue weighted by atomic mass is 10.1. The van der Waals surface area contributed by atoms with Gasteiger partial charge in [0.05, 0.1) is 12.7 Å². The maximum Gasteiger partial charge on any atom is 0.228 e. The van der Waals surface area contributed by atoms with Crippen LogP contribution in [0.1, 0.15) is 0 Å². The van der Waals surface area contributed by atoms with Crippen molar-refractivity contribution < 1.29 is 4.74 Å². The summed E-state index contributed by atoms with van der Waals surface area (Å²) in [4.78, 5) is 14.4. The van der Waals surface area contributed by atoms with Crippen LogP contribution in [0.2, 0.25) is 0 Å². The molecule has 0 aliphatic carbocycles. The smallest absolute Gasteiger partial charge is 0.228 e. The lowest BCUT2D eigenvalue weighted by molar-refractivity contribution is 0.0118. The van der Waals surface area contributed by atoms with Gasteiger partial charge in [0.2, 0.25) is 5.95 Å². The van der Waals surface area contributed by atoms with Crippen molar-refractivity contribution in [2.45, 2.75) is 12.1 Å². The third-order valence-corrected chi connectivity index (χ3v) is 3.38. The summed E-state index contributed by atoms with van der Waals surface area (Å²) in [5.41, 5.74) is 0. The molecule has 0 spiro atoms. The van der Waals surface area contributed by atoms with Gasteiger partial charge in [-0.15, -0.1) is 0 Å². The summed E-state index contributed by atoms with van der Waals surface area (Å²) in [5, 5.41) is 6.88. The van der Waals surface area contributed by atoms with Gasteiger partial charge in [0.25, 0.3) is 0 Å². The van der Waals surface area contributed by atoms with Crippen molar-refractivity contribution in [3.63, 3.8) is 0 Å². The van der Waals surface area contributed by atoms with Crippen molar-refractivity contribution in [3.05, 3.63) is 12.7 Å². The zero-order valence-corrected chi connectivity index (χ0v) is 10.2. The van der Waals surface area contributed by atoms with Gasteiger partial charge >= 0.3 is 0 Å². The molecule has 2 unspecified atom stereocenters. The van der Waals surface area contributed by atoms with Crippen LogP contribution in [0.4, 0.5) is 5.95 Å². The van der Waals surface area contributed by atoms with E-state index in [1.165, 1.54) is 12.7 Å². The summed E-state index contributed by atoms with van der Waals surface area (Å²) in [6, 6.07) is 0.364. The number of ether oxygens (including phenoxy) is 1. The molecule has 0 amide bonds. The molecule has 0 bridgehead atoms. The monoisotopic (exact) mass is 250 g/mol. The molecule has 1 aromatic rings. The first-order chi connectivity index (χ1) is 8.93. The molecule has 98 valence electrons. The number of hydrogen-bond acceptors (Lipinski definition) is 7. The van der Waals surface area contributed by atoms with E-state index in [4.69, 9.17) is 4.74 Å². The first-order valence-electron chi connectivity index (χ1n) is 6.36. The summed E-state index contributed by atoms with van der Waals surface area (Å²) in [6.45, 7) is 5.35. The minimum absolute atomic E-state index is 0.184. The molecule has 0 radical (unpaired) electrons. The molecule has 0 aromatic carbocycles. The van der Waals surface area contributed by atoms with Crippen LogP contribution in [-0.4, -0.2) is 66.4 Å². The van der Waals surface area contributed by atoms with Crippen LogP contribution in [0, 0.1) is 0 Å². The maximum atomic E-state index is 5.85. The molecule has 2 saturated heterocycles. The average Bonchev–Trinajstić information content (AvgIpc) is 2.49. The highest BCUT2D eigenvalue weighted by molar-refractivity contribution is 5.28. The number of anilines is 1. The number of morpholine rings is 1. The number of rotatable bonds is 2. The van der Waals surface area contributed by atoms with Gasteiger partial charge in [-0.3, -0.25) is 0 Å². The molecule has 1 aromatic heterocycles. The van der Waals surface area contributed by atoms with Crippen LogP contribution < -0.4 is 15.5 Å². The Morgan fingerprint density at radius 2 is 2.17 bits per heavy atom. The Morgan fingerprint density at radius 1 is 1.28 bits per heavy atom. The normalized spacial score (nSPS) is 29.2. The number of nitrogens with zero attached hydrogens (tertiary/aromatic N) is 4. The van der Waals surface area contributed by atoms with E-state index < -0.39 is 0 Å². The van der Waals surface area contributed by atoms with E-state index in [0.29, 0.717) is 12.6 Å². The number of aromatic nitrogens is 3. The highest BCUT2D eigenvalue weighted by atomic mass is 16.5. The van der Waals surface area contributed by atoms with Gasteiger partial charge < -0.3 is 20.3 Å². The van der Waals surface area contributed by atoms with Gasteiger partial charge in [0, 0.05) is 38.8 Å². The van der Waals surface area contributed by atoms with Crippen LogP contribution >= 0.6 is 0 Å². The predicted octanol–water partition coefficient (Wildman–Crippen LogP) is -1.36. The molecule has 3 heterocycles. The second kappa shape index (κ2) is 5.55. The first-order valence-corrected chi connectivity index (χ1v) is 6.36. The zero-order chi connectivity index (χ0) is 12.2. The minimum atomic E-state index is 0.184. The van der Waals surface area contributed by atoms with Crippen LogP contribution in [0.5, 0.6) is 0 Å². The maximum absolute atomic E-state index is 5.85. The molecular weight excluding hydrogens is 232 g/mol. The van der Waals surface area contributed by atoms with E-state index in [9.17, 15) is 0 Å². The Kier molecular flexibility index (Phi) is 3.63. The highest BCUT2D eigenvalue weighted by Crippen LogP contribution is 2.14. The van der Waals surface area contributed by atoms with Crippen LogP contribution in [0.15, 0.2) is 12.7 Å². The van der Waals surface area contributed by atoms with Gasteiger partial charge in [-0.25, -0.2) is 15.0 Å². The molecule has 2 aliphatic heterocycles. The van der Waals surface area contributed by atoms with Gasteiger partial charge in [0.1, 0.15) is 12.7 Å². The van der Waals surface area contributed by atoms with E-state index in [0.717, 1.165) is 38.7 Å². The Morgan fingerprint density at radius 3 is 2.94 bits per heavy atom. The highest BCUT2D eigenvalue weighted by Gasteiger charge is 2.29. The van der Waals surface area contributed by atoms with Crippen molar-refractivity contribution in [3.8, 4) is 0 Å². The zero-order valence-electron chi connectivity index (χ0n) is 10.2. The fourth-order valence-electron chi connectivity index (χ4n) is 2.44. The Labute approximate surface area is 106 Å². The fraction of sp³-hybridized carbons (Fsp3) is 0.727. The van der Waals surface area contributed by atoms with E-state index in [-0.39, 0.29) is 6.10 Å². The summed E-state index contributed by atoms with van der Waals surface area (Å²) < 4.78 is 5.85. The van der Waals surface area contributed by atoms with Gasteiger partial charge in [-0.1, -0.05) is 0 Å². The fourth-order valence-corrected chi connectivity index (χ4v) is 2.44. The van der Waals surface area contributed by atoms with Crippen molar-refractivity contribution in [1.82, 2.24) is 25.6 Å². The topological polar surface area (TPSA) is 75.2 Å². The second-order valence-electron chi connectivity index (χ2n) is 4.56. The minimum Gasteiger partial charge on any atom is -0.373 e. The summed E-state index contributed by atoms with van der Waals surface area (Å²) in [6.07, 6.45) is 3.25. The second-order valence-corrected chi connectivity index (χ2v) is 4.56. The molecule has 2 aliphatic rings. The van der Waals surface area contributed by atoms with Crippen molar-refractivity contribution in [1.29, 1.82) is 0 Å². The van der Waals surface area contributed by atoms with Crippen molar-refractivity contribution >= 4 is 5.95 Å². The summed E-state index contributed by atoms with van der Waals surface area (Å²) in [5.74, 6) is 0.738. The lowest BCUT2D eigenvalue weighted by Gasteiger charge is -2.38. The van der Waals surface area contributed by atoms with E-state index in [2.05, 4.69) is 30.5 Å². The molecule has 3 rings (SSSR count). The molecule has 2 N–H and O–H groups in total. The van der Waals surface area contributed by atoms with Crippen LogP contribution in [-0.2, 0) is 4.74 Å². The van der Waals surface area contributed by atoms with Gasteiger partial charge in [-0.05, 0) is 0 Å². The van der Waals surface area contributed by atoms with E-state index in [1.807, 2.05) is 0 Å². The Balaban J connectivity index is 1.64. The molecule has 2 fully saturated rings. The average molecular weight is 250 g/mol. The molecule has 7 nitrogen and oxygen atoms in total. The SMILES string of the molecule is c1ncnc(N2CCOC(C3CNCCN3)C2)n1. The van der Waals surface area contributed by atoms with E-state index >= 15 is 0 Å². The quantitative estimate of drug-likeness (QED) is 0.671. The third-order valence-electron chi connectivity index (χ3n) is 3.38. The van der Waals surface area contributed by atoms with Crippen molar-refractivity contribution in [2.75, 3.05) is 44.2 Å². The lowest BCUT2D eigenvalue weighted by Crippen LogP contribution is -2.59. The molecule has 0 saturated carbocycles. The number of hydrogen-bond donors (Lipinski definition) is 2. The van der Waals surface area contributed by atoms with Crippen molar-refractivity contribution in [2.24, 2.45) is 0 Å². The Hall–Kier alpha value is -1.31. The summed E-state index contributed by atoms with van der Waals surface area (Å²) in [7, 11) is 0. The Bertz CT molecular complexity index is 369.